The van der Waals surface area contributed by atoms with Crippen molar-refractivity contribution in [2.45, 2.75) is 24.3 Å². The van der Waals surface area contributed by atoms with E-state index in [-0.39, 0.29) is 10.9 Å². The number of benzene rings is 2. The fourth-order valence-electron chi connectivity index (χ4n) is 1.95. The van der Waals surface area contributed by atoms with Crippen LogP contribution in [0.4, 0.5) is 4.39 Å². The Morgan fingerprint density at radius 2 is 1.67 bits per heavy atom. The van der Waals surface area contributed by atoms with Crippen LogP contribution >= 0.6 is 15.9 Å². The van der Waals surface area contributed by atoms with Crippen molar-refractivity contribution in [3.63, 3.8) is 0 Å². The Kier molecular flexibility index (Phi) is 5.13. The van der Waals surface area contributed by atoms with Gasteiger partial charge >= 0.3 is 0 Å². The van der Waals surface area contributed by atoms with Crippen molar-refractivity contribution in [2.24, 2.45) is 0 Å². The molecule has 1 N–H and O–H groups in total. The second kappa shape index (κ2) is 6.68. The van der Waals surface area contributed by atoms with Gasteiger partial charge in [0.25, 0.3) is 0 Å². The minimum atomic E-state index is -3.68. The smallest absolute Gasteiger partial charge is 0.207 e. The summed E-state index contributed by atoms with van der Waals surface area (Å²) in [5.74, 6) is -0.464. The summed E-state index contributed by atoms with van der Waals surface area (Å²) in [5, 5.41) is 0. The Hall–Kier alpha value is -1.24. The van der Waals surface area contributed by atoms with Crippen LogP contribution in [-0.2, 0) is 10.0 Å². The molecule has 0 aliphatic heterocycles. The van der Waals surface area contributed by atoms with E-state index in [1.807, 2.05) is 31.2 Å². The maximum atomic E-state index is 12.9. The zero-order valence-electron chi connectivity index (χ0n) is 11.4. The molecule has 0 saturated heterocycles. The summed E-state index contributed by atoms with van der Waals surface area (Å²) in [7, 11) is -3.68. The molecule has 0 aliphatic rings. The molecule has 0 amide bonds. The van der Waals surface area contributed by atoms with E-state index in [4.69, 9.17) is 0 Å². The van der Waals surface area contributed by atoms with Crippen molar-refractivity contribution in [3.8, 4) is 0 Å². The fourth-order valence-corrected chi connectivity index (χ4v) is 3.52. The first-order valence-corrected chi connectivity index (χ1v) is 8.73. The van der Waals surface area contributed by atoms with E-state index >= 15 is 0 Å². The van der Waals surface area contributed by atoms with Gasteiger partial charge in [-0.05, 0) is 48.4 Å². The second-order valence-electron chi connectivity index (χ2n) is 4.59. The van der Waals surface area contributed by atoms with E-state index in [0.717, 1.165) is 22.2 Å². The average Bonchev–Trinajstić information content (AvgIpc) is 2.46. The average molecular weight is 372 g/mol. The lowest BCUT2D eigenvalue weighted by atomic mass is 10.1. The third kappa shape index (κ3) is 4.12. The highest BCUT2D eigenvalue weighted by molar-refractivity contribution is 9.10. The predicted octanol–water partition coefficient (Wildman–Crippen LogP) is 4.02. The fraction of sp³-hybridized carbons (Fsp3) is 0.200. The third-order valence-electron chi connectivity index (χ3n) is 3.10. The molecular formula is C15H15BrFNO2S. The van der Waals surface area contributed by atoms with E-state index in [1.165, 1.54) is 12.1 Å². The molecule has 2 aromatic carbocycles. The van der Waals surface area contributed by atoms with E-state index in [0.29, 0.717) is 6.42 Å². The summed E-state index contributed by atoms with van der Waals surface area (Å²) in [6.45, 7) is 1.90. The first-order chi connectivity index (χ1) is 9.92. The van der Waals surface area contributed by atoms with Gasteiger partial charge in [-0.15, -0.1) is 0 Å². The van der Waals surface area contributed by atoms with Gasteiger partial charge in [0.05, 0.1) is 4.90 Å². The van der Waals surface area contributed by atoms with Crippen LogP contribution in [0.15, 0.2) is 57.9 Å². The van der Waals surface area contributed by atoms with Gasteiger partial charge in [0.2, 0.25) is 10.0 Å². The molecule has 0 saturated carbocycles. The second-order valence-corrected chi connectivity index (χ2v) is 7.22. The van der Waals surface area contributed by atoms with Gasteiger partial charge in [0, 0.05) is 10.5 Å². The van der Waals surface area contributed by atoms with Gasteiger partial charge in [0.1, 0.15) is 5.82 Å². The predicted molar refractivity (Wildman–Crippen MR) is 83.9 cm³/mol. The molecule has 21 heavy (non-hydrogen) atoms. The van der Waals surface area contributed by atoms with Crippen molar-refractivity contribution in [3.05, 3.63) is 64.4 Å². The quantitative estimate of drug-likeness (QED) is 0.862. The molecule has 2 rings (SSSR count). The van der Waals surface area contributed by atoms with Crippen LogP contribution in [0.5, 0.6) is 0 Å². The van der Waals surface area contributed by atoms with Gasteiger partial charge < -0.3 is 0 Å². The summed E-state index contributed by atoms with van der Waals surface area (Å²) >= 11 is 3.35. The van der Waals surface area contributed by atoms with Crippen LogP contribution in [0.3, 0.4) is 0 Å². The molecular weight excluding hydrogens is 357 g/mol. The summed E-state index contributed by atoms with van der Waals surface area (Å²) in [5.41, 5.74) is 0.881. The molecule has 2 aromatic rings. The number of halogens is 2. The summed E-state index contributed by atoms with van der Waals surface area (Å²) in [6, 6.07) is 11.9. The van der Waals surface area contributed by atoms with Gasteiger partial charge in [0.15, 0.2) is 0 Å². The summed E-state index contributed by atoms with van der Waals surface area (Å²) in [6.07, 6.45) is 0.613. The molecule has 0 heterocycles. The van der Waals surface area contributed by atoms with Crippen molar-refractivity contribution in [2.75, 3.05) is 0 Å². The maximum Gasteiger partial charge on any atom is 0.241 e. The number of nitrogens with one attached hydrogen (secondary N) is 1. The van der Waals surface area contributed by atoms with Crippen LogP contribution in [0.25, 0.3) is 0 Å². The van der Waals surface area contributed by atoms with E-state index in [9.17, 15) is 12.8 Å². The Morgan fingerprint density at radius 3 is 2.19 bits per heavy atom. The minimum absolute atomic E-state index is 0.0551. The number of sulfonamides is 1. The maximum absolute atomic E-state index is 12.9. The Bertz CT molecular complexity index is 699. The van der Waals surface area contributed by atoms with E-state index < -0.39 is 15.8 Å². The molecule has 0 bridgehead atoms. The monoisotopic (exact) mass is 371 g/mol. The largest absolute Gasteiger partial charge is 0.241 e. The zero-order valence-corrected chi connectivity index (χ0v) is 13.8. The summed E-state index contributed by atoms with van der Waals surface area (Å²) in [4.78, 5) is 0.0551. The lowest BCUT2D eigenvalue weighted by Crippen LogP contribution is -2.28. The normalized spacial score (nSPS) is 13.1. The third-order valence-corrected chi connectivity index (χ3v) is 5.12. The van der Waals surface area contributed by atoms with Crippen molar-refractivity contribution in [1.29, 1.82) is 0 Å². The SMILES string of the molecule is CC[C@H](NS(=O)(=O)c1ccc(F)cc1)c1ccc(Br)cc1. The molecule has 0 unspecified atom stereocenters. The molecule has 0 fully saturated rings. The lowest BCUT2D eigenvalue weighted by Gasteiger charge is -2.17. The Morgan fingerprint density at radius 1 is 1.10 bits per heavy atom. The highest BCUT2D eigenvalue weighted by Gasteiger charge is 2.20. The van der Waals surface area contributed by atoms with Crippen molar-refractivity contribution in [1.82, 2.24) is 4.72 Å². The highest BCUT2D eigenvalue weighted by Crippen LogP contribution is 2.22. The molecule has 112 valence electrons. The van der Waals surface area contributed by atoms with Gasteiger partial charge in [-0.1, -0.05) is 35.0 Å². The van der Waals surface area contributed by atoms with Crippen molar-refractivity contribution >= 4 is 26.0 Å². The first kappa shape index (κ1) is 16.1. The van der Waals surface area contributed by atoms with Gasteiger partial charge in [-0.25, -0.2) is 17.5 Å². The van der Waals surface area contributed by atoms with Gasteiger partial charge in [-0.2, -0.15) is 0 Å². The van der Waals surface area contributed by atoms with Crippen LogP contribution in [0, 0.1) is 5.82 Å². The standard InChI is InChI=1S/C15H15BrFNO2S/c1-2-15(11-3-5-12(16)6-4-11)18-21(19,20)14-9-7-13(17)8-10-14/h3-10,15,18H,2H2,1H3/t15-/m0/s1. The highest BCUT2D eigenvalue weighted by atomic mass is 79.9. The molecule has 1 atom stereocenters. The number of hydrogen-bond acceptors (Lipinski definition) is 2. The molecule has 0 spiro atoms. The molecule has 3 nitrogen and oxygen atoms in total. The molecule has 0 aromatic heterocycles. The van der Waals surface area contributed by atoms with E-state index in [2.05, 4.69) is 20.7 Å². The lowest BCUT2D eigenvalue weighted by molar-refractivity contribution is 0.549. The van der Waals surface area contributed by atoms with E-state index in [1.54, 1.807) is 0 Å². The number of rotatable bonds is 5. The Labute approximate surface area is 132 Å². The van der Waals surface area contributed by atoms with Crippen LogP contribution in [0.1, 0.15) is 24.9 Å². The molecule has 6 heteroatoms. The van der Waals surface area contributed by atoms with Gasteiger partial charge in [-0.3, -0.25) is 0 Å². The topological polar surface area (TPSA) is 46.2 Å². The Balaban J connectivity index is 2.24. The minimum Gasteiger partial charge on any atom is -0.207 e. The van der Waals surface area contributed by atoms with Crippen molar-refractivity contribution < 1.29 is 12.8 Å². The molecule has 0 aliphatic carbocycles. The van der Waals surface area contributed by atoms with Crippen LogP contribution in [-0.4, -0.2) is 8.42 Å². The summed E-state index contributed by atoms with van der Waals surface area (Å²) < 4.78 is 41.1. The zero-order chi connectivity index (χ0) is 15.5. The molecule has 0 radical (unpaired) electrons. The number of hydrogen-bond donors (Lipinski definition) is 1. The van der Waals surface area contributed by atoms with Crippen LogP contribution < -0.4 is 4.72 Å². The first-order valence-electron chi connectivity index (χ1n) is 6.45. The van der Waals surface area contributed by atoms with Crippen LogP contribution in [0.2, 0.25) is 0 Å².